The van der Waals surface area contributed by atoms with Crippen LogP contribution in [0.5, 0.6) is 0 Å². The van der Waals surface area contributed by atoms with Gasteiger partial charge < -0.3 is 9.51 Å². The monoisotopic (exact) mass is 310 g/mol. The van der Waals surface area contributed by atoms with Crippen molar-refractivity contribution >= 4 is 21.8 Å². The molecule has 1 N–H and O–H groups in total. The van der Waals surface area contributed by atoms with Crippen LogP contribution < -0.4 is 0 Å². The molecule has 3 heteroatoms. The fourth-order valence-electron chi connectivity index (χ4n) is 3.23. The van der Waals surface area contributed by atoms with Crippen molar-refractivity contribution in [3.05, 3.63) is 78.9 Å². The zero-order valence-electron chi connectivity index (χ0n) is 12.9. The molecule has 0 aliphatic heterocycles. The van der Waals surface area contributed by atoms with Crippen LogP contribution in [0.4, 0.5) is 0 Å². The van der Waals surface area contributed by atoms with Crippen LogP contribution in [0.3, 0.4) is 0 Å². The molecule has 0 radical (unpaired) electrons. The fourth-order valence-corrected chi connectivity index (χ4v) is 3.23. The zero-order chi connectivity index (χ0) is 15.9. The highest BCUT2D eigenvalue weighted by Gasteiger charge is 2.17. The van der Waals surface area contributed by atoms with Crippen molar-refractivity contribution in [2.45, 2.75) is 0 Å². The molecule has 0 aliphatic rings. The van der Waals surface area contributed by atoms with E-state index in [1.165, 1.54) is 0 Å². The minimum Gasteiger partial charge on any atom is -0.353 e. The van der Waals surface area contributed by atoms with Gasteiger partial charge in [0.05, 0.1) is 11.1 Å². The molecule has 0 aliphatic carbocycles. The van der Waals surface area contributed by atoms with Crippen LogP contribution in [0.1, 0.15) is 0 Å². The summed E-state index contributed by atoms with van der Waals surface area (Å²) in [5.74, 6) is 0.778. The second kappa shape index (κ2) is 5.10. The Bertz CT molecular complexity index is 1120. The summed E-state index contributed by atoms with van der Waals surface area (Å²) in [6.45, 7) is 0. The van der Waals surface area contributed by atoms with Gasteiger partial charge in [0.25, 0.3) is 0 Å². The van der Waals surface area contributed by atoms with Gasteiger partial charge in [0, 0.05) is 10.9 Å². The van der Waals surface area contributed by atoms with Crippen molar-refractivity contribution in [3.63, 3.8) is 0 Å². The smallest absolute Gasteiger partial charge is 0.191 e. The number of hydrogen-bond acceptors (Lipinski definition) is 2. The van der Waals surface area contributed by atoms with Crippen LogP contribution in [0.25, 0.3) is 44.4 Å². The first kappa shape index (κ1) is 13.1. The predicted molar refractivity (Wildman–Crippen MR) is 96.7 cm³/mol. The fraction of sp³-hybridized carbons (Fsp3) is 0. The third kappa shape index (κ3) is 1.95. The van der Waals surface area contributed by atoms with Gasteiger partial charge in [-0.15, -0.1) is 0 Å². The largest absolute Gasteiger partial charge is 0.353 e. The van der Waals surface area contributed by atoms with E-state index in [1.54, 1.807) is 0 Å². The number of aromatic amines is 1. The number of hydrogen-bond donors (Lipinski definition) is 1. The third-order valence-electron chi connectivity index (χ3n) is 4.36. The van der Waals surface area contributed by atoms with E-state index in [1.807, 2.05) is 42.5 Å². The average Bonchev–Trinajstić information content (AvgIpc) is 3.26. The quantitative estimate of drug-likeness (QED) is 0.458. The van der Waals surface area contributed by atoms with Crippen LogP contribution in [-0.2, 0) is 0 Å². The van der Waals surface area contributed by atoms with Crippen LogP contribution in [0.2, 0.25) is 0 Å². The van der Waals surface area contributed by atoms with Crippen molar-refractivity contribution < 1.29 is 4.52 Å². The van der Waals surface area contributed by atoms with E-state index < -0.39 is 0 Å². The lowest BCUT2D eigenvalue weighted by molar-refractivity contribution is 0.440. The SMILES string of the molecule is c1ccc(-c2cccc3noc(-c4cc5ccccc5[nH]4)c23)cc1. The van der Waals surface area contributed by atoms with E-state index in [9.17, 15) is 0 Å². The molecule has 3 nitrogen and oxygen atoms in total. The van der Waals surface area contributed by atoms with Gasteiger partial charge >= 0.3 is 0 Å². The zero-order valence-corrected chi connectivity index (χ0v) is 12.9. The molecule has 5 rings (SSSR count). The van der Waals surface area contributed by atoms with Gasteiger partial charge in [0.2, 0.25) is 0 Å². The molecular formula is C21H14N2O. The van der Waals surface area contributed by atoms with E-state index in [4.69, 9.17) is 4.52 Å². The highest BCUT2D eigenvalue weighted by molar-refractivity contribution is 6.03. The Morgan fingerprint density at radius 1 is 0.792 bits per heavy atom. The Morgan fingerprint density at radius 2 is 1.62 bits per heavy atom. The molecule has 0 spiro atoms. The van der Waals surface area contributed by atoms with Crippen LogP contribution in [0, 0.1) is 0 Å². The number of nitrogens with one attached hydrogen (secondary N) is 1. The molecule has 2 aromatic heterocycles. The number of rotatable bonds is 2. The van der Waals surface area contributed by atoms with Crippen LogP contribution in [0.15, 0.2) is 83.4 Å². The minimum absolute atomic E-state index is 0.778. The summed E-state index contributed by atoms with van der Waals surface area (Å²) in [6.07, 6.45) is 0. The summed E-state index contributed by atoms with van der Waals surface area (Å²) >= 11 is 0. The number of aromatic nitrogens is 2. The molecule has 114 valence electrons. The third-order valence-corrected chi connectivity index (χ3v) is 4.36. The highest BCUT2D eigenvalue weighted by atomic mass is 16.5. The molecule has 0 fully saturated rings. The topological polar surface area (TPSA) is 41.8 Å². The number of nitrogens with zero attached hydrogens (tertiary/aromatic N) is 1. The molecule has 0 unspecified atom stereocenters. The predicted octanol–water partition coefficient (Wildman–Crippen LogP) is 5.64. The molecular weight excluding hydrogens is 296 g/mol. The molecule has 0 atom stereocenters. The van der Waals surface area contributed by atoms with Crippen molar-refractivity contribution in [1.82, 2.24) is 10.1 Å². The normalized spacial score (nSPS) is 11.3. The Hall–Kier alpha value is -3.33. The second-order valence-electron chi connectivity index (χ2n) is 5.85. The van der Waals surface area contributed by atoms with E-state index in [0.29, 0.717) is 0 Å². The molecule has 3 aromatic carbocycles. The Morgan fingerprint density at radius 3 is 2.50 bits per heavy atom. The van der Waals surface area contributed by atoms with Gasteiger partial charge in [-0.3, -0.25) is 0 Å². The van der Waals surface area contributed by atoms with Gasteiger partial charge in [-0.25, -0.2) is 0 Å². The second-order valence-corrected chi connectivity index (χ2v) is 5.85. The summed E-state index contributed by atoms with van der Waals surface area (Å²) in [7, 11) is 0. The summed E-state index contributed by atoms with van der Waals surface area (Å²) in [4.78, 5) is 3.44. The molecule has 5 aromatic rings. The summed E-state index contributed by atoms with van der Waals surface area (Å²) in [5, 5.41) is 6.45. The van der Waals surface area contributed by atoms with Crippen molar-refractivity contribution in [2.75, 3.05) is 0 Å². The molecule has 0 saturated carbocycles. The van der Waals surface area contributed by atoms with Gasteiger partial charge in [-0.1, -0.05) is 65.8 Å². The van der Waals surface area contributed by atoms with Gasteiger partial charge in [-0.2, -0.15) is 0 Å². The maximum atomic E-state index is 5.71. The maximum absolute atomic E-state index is 5.71. The molecule has 2 heterocycles. The van der Waals surface area contributed by atoms with Crippen molar-refractivity contribution in [3.8, 4) is 22.6 Å². The number of para-hydroxylation sites is 1. The van der Waals surface area contributed by atoms with Gasteiger partial charge in [-0.05, 0) is 29.3 Å². The number of benzene rings is 3. The van der Waals surface area contributed by atoms with Crippen LogP contribution >= 0.6 is 0 Å². The summed E-state index contributed by atoms with van der Waals surface area (Å²) in [6, 6.07) is 26.8. The highest BCUT2D eigenvalue weighted by Crippen LogP contribution is 2.36. The van der Waals surface area contributed by atoms with Crippen LogP contribution in [-0.4, -0.2) is 10.1 Å². The lowest BCUT2D eigenvalue weighted by atomic mass is 9.99. The first-order valence-corrected chi connectivity index (χ1v) is 7.92. The Kier molecular flexibility index (Phi) is 2.79. The Labute approximate surface area is 138 Å². The molecule has 0 bridgehead atoms. The molecule has 0 amide bonds. The van der Waals surface area contributed by atoms with E-state index in [0.717, 1.165) is 44.4 Å². The van der Waals surface area contributed by atoms with Crippen molar-refractivity contribution in [1.29, 1.82) is 0 Å². The van der Waals surface area contributed by atoms with Crippen molar-refractivity contribution in [2.24, 2.45) is 0 Å². The Balaban J connectivity index is 1.80. The lowest BCUT2D eigenvalue weighted by Gasteiger charge is -2.03. The van der Waals surface area contributed by atoms with Gasteiger partial charge in [0.15, 0.2) is 5.76 Å². The lowest BCUT2D eigenvalue weighted by Crippen LogP contribution is -1.81. The molecule has 24 heavy (non-hydrogen) atoms. The van der Waals surface area contributed by atoms with E-state index >= 15 is 0 Å². The standard InChI is InChI=1S/C21H14N2O/c1-2-7-14(8-3-1)16-10-6-12-18-20(16)21(24-23-18)19-13-15-9-4-5-11-17(15)22-19/h1-13,22H. The first-order chi connectivity index (χ1) is 11.9. The number of H-pyrrole nitrogens is 1. The summed E-state index contributed by atoms with van der Waals surface area (Å²) in [5.41, 5.74) is 5.19. The number of fused-ring (bicyclic) bond motifs is 2. The maximum Gasteiger partial charge on any atom is 0.191 e. The minimum atomic E-state index is 0.778. The first-order valence-electron chi connectivity index (χ1n) is 7.92. The molecule has 0 saturated heterocycles. The average molecular weight is 310 g/mol. The van der Waals surface area contributed by atoms with E-state index in [2.05, 4.69) is 46.5 Å². The van der Waals surface area contributed by atoms with Gasteiger partial charge in [0.1, 0.15) is 5.52 Å². The van der Waals surface area contributed by atoms with E-state index in [-0.39, 0.29) is 0 Å². The summed E-state index contributed by atoms with van der Waals surface area (Å²) < 4.78 is 5.71.